The molecule has 1 aliphatic heterocycles. The van der Waals surface area contributed by atoms with Gasteiger partial charge in [-0.15, -0.1) is 0 Å². The van der Waals surface area contributed by atoms with E-state index < -0.39 is 0 Å². The molecule has 1 N–H and O–H groups in total. The van der Waals surface area contributed by atoms with E-state index in [-0.39, 0.29) is 16.7 Å². The largest absolute Gasteiger partial charge is 0.319 e. The van der Waals surface area contributed by atoms with Crippen LogP contribution in [-0.4, -0.2) is 36.5 Å². The van der Waals surface area contributed by atoms with Crippen LogP contribution in [0.25, 0.3) is 0 Å². The molecule has 0 aromatic heterocycles. The van der Waals surface area contributed by atoms with Crippen LogP contribution in [0.15, 0.2) is 24.3 Å². The van der Waals surface area contributed by atoms with Gasteiger partial charge in [0, 0.05) is 18.2 Å². The highest BCUT2D eigenvalue weighted by Crippen LogP contribution is 2.35. The number of nitro benzene ring substituents is 1. The van der Waals surface area contributed by atoms with Crippen LogP contribution in [0.5, 0.6) is 0 Å². The van der Waals surface area contributed by atoms with Crippen molar-refractivity contribution in [2.75, 3.05) is 26.7 Å². The zero-order valence-electron chi connectivity index (χ0n) is 12.9. The normalized spacial score (nSPS) is 23.7. The molecular weight excluding hydrogens is 266 g/mol. The van der Waals surface area contributed by atoms with Gasteiger partial charge in [-0.05, 0) is 51.0 Å². The van der Waals surface area contributed by atoms with E-state index in [2.05, 4.69) is 17.1 Å². The Morgan fingerprint density at radius 3 is 2.90 bits per heavy atom. The van der Waals surface area contributed by atoms with E-state index in [1.54, 1.807) is 12.1 Å². The average molecular weight is 291 g/mol. The fraction of sp³-hybridized carbons (Fsp3) is 0.625. The quantitative estimate of drug-likeness (QED) is 0.669. The van der Waals surface area contributed by atoms with Crippen molar-refractivity contribution in [2.45, 2.75) is 32.2 Å². The Morgan fingerprint density at radius 1 is 1.43 bits per heavy atom. The molecule has 1 aromatic carbocycles. The number of likely N-dealkylation sites (tertiary alicyclic amines) is 1. The lowest BCUT2D eigenvalue weighted by atomic mass is 9.89. The molecule has 1 fully saturated rings. The number of non-ortho nitro benzene ring substituents is 1. The summed E-state index contributed by atoms with van der Waals surface area (Å²) in [6.07, 6.45) is 3.61. The average Bonchev–Trinajstić information content (AvgIpc) is 2.69. The number of benzene rings is 1. The van der Waals surface area contributed by atoms with Crippen LogP contribution in [0.2, 0.25) is 0 Å². The molecular formula is C16H25N3O2. The maximum atomic E-state index is 11.0. The molecule has 1 heterocycles. The second-order valence-corrected chi connectivity index (χ2v) is 5.74. The molecule has 116 valence electrons. The van der Waals surface area contributed by atoms with Crippen molar-refractivity contribution < 1.29 is 4.92 Å². The molecule has 21 heavy (non-hydrogen) atoms. The van der Waals surface area contributed by atoms with Gasteiger partial charge < -0.3 is 5.32 Å². The third kappa shape index (κ3) is 3.80. The molecule has 0 aliphatic carbocycles. The van der Waals surface area contributed by atoms with Crippen LogP contribution in [0.4, 0.5) is 5.69 Å². The molecule has 1 aliphatic rings. The summed E-state index contributed by atoms with van der Waals surface area (Å²) >= 11 is 0. The zero-order chi connectivity index (χ0) is 15.2. The molecule has 0 spiro atoms. The molecule has 0 amide bonds. The predicted molar refractivity (Wildman–Crippen MR) is 84.4 cm³/mol. The van der Waals surface area contributed by atoms with E-state index in [0.29, 0.717) is 5.92 Å². The van der Waals surface area contributed by atoms with E-state index in [9.17, 15) is 10.1 Å². The SMILES string of the molecule is CCN1CCCCC(CNC)C1c1cccc([N+](=O)[O-])c1. The first-order chi connectivity index (χ1) is 10.2. The van der Waals surface area contributed by atoms with E-state index in [0.717, 1.165) is 25.2 Å². The van der Waals surface area contributed by atoms with Crippen LogP contribution in [-0.2, 0) is 0 Å². The maximum absolute atomic E-state index is 11.0. The van der Waals surface area contributed by atoms with Crippen LogP contribution in [0, 0.1) is 16.0 Å². The van der Waals surface area contributed by atoms with Gasteiger partial charge in [0.2, 0.25) is 0 Å². The first kappa shape index (κ1) is 15.9. The van der Waals surface area contributed by atoms with Gasteiger partial charge in [-0.1, -0.05) is 25.5 Å². The molecule has 2 unspecified atom stereocenters. The van der Waals surface area contributed by atoms with Crippen LogP contribution < -0.4 is 5.32 Å². The van der Waals surface area contributed by atoms with Crippen molar-refractivity contribution in [1.82, 2.24) is 10.2 Å². The minimum absolute atomic E-state index is 0.191. The predicted octanol–water partition coefficient (Wildman–Crippen LogP) is 2.98. The zero-order valence-corrected chi connectivity index (χ0v) is 12.9. The summed E-state index contributed by atoms with van der Waals surface area (Å²) in [6, 6.07) is 7.44. The molecule has 5 heteroatoms. The summed E-state index contributed by atoms with van der Waals surface area (Å²) < 4.78 is 0. The Labute approximate surface area is 126 Å². The third-order valence-corrected chi connectivity index (χ3v) is 4.41. The lowest BCUT2D eigenvalue weighted by Crippen LogP contribution is -2.36. The highest BCUT2D eigenvalue weighted by Gasteiger charge is 2.30. The van der Waals surface area contributed by atoms with Gasteiger partial charge in [-0.3, -0.25) is 15.0 Å². The summed E-state index contributed by atoms with van der Waals surface area (Å²) in [7, 11) is 1.98. The Bertz CT molecular complexity index is 478. The molecule has 0 bridgehead atoms. The number of hydrogen-bond acceptors (Lipinski definition) is 4. The van der Waals surface area contributed by atoms with Gasteiger partial charge in [-0.2, -0.15) is 0 Å². The topological polar surface area (TPSA) is 58.4 Å². The van der Waals surface area contributed by atoms with Crippen LogP contribution in [0.3, 0.4) is 0 Å². The Hall–Kier alpha value is -1.46. The van der Waals surface area contributed by atoms with Gasteiger partial charge >= 0.3 is 0 Å². The minimum atomic E-state index is -0.302. The van der Waals surface area contributed by atoms with Crippen molar-refractivity contribution >= 4 is 5.69 Å². The second-order valence-electron chi connectivity index (χ2n) is 5.74. The third-order valence-electron chi connectivity index (χ3n) is 4.41. The number of rotatable bonds is 5. The summed E-state index contributed by atoms with van der Waals surface area (Å²) in [5, 5.41) is 14.3. The van der Waals surface area contributed by atoms with Crippen molar-refractivity contribution in [2.24, 2.45) is 5.92 Å². The van der Waals surface area contributed by atoms with Crippen molar-refractivity contribution in [3.63, 3.8) is 0 Å². The summed E-state index contributed by atoms with van der Waals surface area (Å²) in [4.78, 5) is 13.2. The lowest BCUT2D eigenvalue weighted by molar-refractivity contribution is -0.385. The Kier molecular flexibility index (Phi) is 5.70. The molecule has 1 saturated heterocycles. The van der Waals surface area contributed by atoms with Crippen LogP contribution in [0.1, 0.15) is 37.8 Å². The Balaban J connectivity index is 2.36. The monoisotopic (exact) mass is 291 g/mol. The summed E-state index contributed by atoms with van der Waals surface area (Å²) in [6.45, 7) is 5.17. The maximum Gasteiger partial charge on any atom is 0.269 e. The van der Waals surface area contributed by atoms with Gasteiger partial charge in [0.1, 0.15) is 0 Å². The van der Waals surface area contributed by atoms with E-state index in [1.807, 2.05) is 19.2 Å². The smallest absolute Gasteiger partial charge is 0.269 e. The van der Waals surface area contributed by atoms with Gasteiger partial charge in [0.15, 0.2) is 0 Å². The van der Waals surface area contributed by atoms with Gasteiger partial charge in [-0.25, -0.2) is 0 Å². The van der Waals surface area contributed by atoms with Crippen molar-refractivity contribution in [1.29, 1.82) is 0 Å². The van der Waals surface area contributed by atoms with E-state index in [4.69, 9.17) is 0 Å². The Morgan fingerprint density at radius 2 is 2.24 bits per heavy atom. The first-order valence-electron chi connectivity index (χ1n) is 7.80. The number of hydrogen-bond donors (Lipinski definition) is 1. The first-order valence-corrected chi connectivity index (χ1v) is 7.80. The summed E-state index contributed by atoms with van der Waals surface area (Å²) in [5.41, 5.74) is 1.27. The number of nitro groups is 1. The van der Waals surface area contributed by atoms with Crippen molar-refractivity contribution in [3.05, 3.63) is 39.9 Å². The van der Waals surface area contributed by atoms with Gasteiger partial charge in [0.05, 0.1) is 4.92 Å². The molecule has 0 radical (unpaired) electrons. The molecule has 1 aromatic rings. The molecule has 2 rings (SSSR count). The second kappa shape index (κ2) is 7.52. The lowest BCUT2D eigenvalue weighted by Gasteiger charge is -2.34. The highest BCUT2D eigenvalue weighted by molar-refractivity contribution is 5.36. The standard InChI is InChI=1S/C16H25N3O2/c1-3-18-10-5-4-7-14(12-17-2)16(18)13-8-6-9-15(11-13)19(20)21/h6,8-9,11,14,16-17H,3-5,7,10,12H2,1-2H3. The van der Waals surface area contributed by atoms with Crippen molar-refractivity contribution in [3.8, 4) is 0 Å². The fourth-order valence-corrected chi connectivity index (χ4v) is 3.45. The molecule has 2 atom stereocenters. The number of nitrogens with zero attached hydrogens (tertiary/aromatic N) is 2. The highest BCUT2D eigenvalue weighted by atomic mass is 16.6. The number of nitrogens with one attached hydrogen (secondary N) is 1. The summed E-state index contributed by atoms with van der Waals surface area (Å²) in [5.74, 6) is 0.499. The minimum Gasteiger partial charge on any atom is -0.319 e. The van der Waals surface area contributed by atoms with Crippen LogP contribution >= 0.6 is 0 Å². The van der Waals surface area contributed by atoms with Gasteiger partial charge in [0.25, 0.3) is 5.69 Å². The van der Waals surface area contributed by atoms with E-state index >= 15 is 0 Å². The molecule has 0 saturated carbocycles. The van der Waals surface area contributed by atoms with E-state index in [1.165, 1.54) is 19.3 Å². The fourth-order valence-electron chi connectivity index (χ4n) is 3.45. The molecule has 5 nitrogen and oxygen atoms in total.